The monoisotopic (exact) mass is 406 g/mol. The topological polar surface area (TPSA) is 134 Å². The molecule has 0 heterocycles. The summed E-state index contributed by atoms with van der Waals surface area (Å²) >= 11 is 1.86. The fourth-order valence-corrected chi connectivity index (χ4v) is 2.41. The van der Waals surface area contributed by atoms with Gasteiger partial charge in [0.15, 0.2) is 0 Å². The van der Waals surface area contributed by atoms with Crippen molar-refractivity contribution < 1.29 is 19.5 Å². The number of amides is 3. The van der Waals surface area contributed by atoms with Gasteiger partial charge in [0.2, 0.25) is 5.91 Å². The predicted octanol–water partition coefficient (Wildman–Crippen LogP) is 2.28. The molecular formula is C18H38N4O4S. The molecule has 0 aromatic rings. The van der Waals surface area contributed by atoms with E-state index in [9.17, 15) is 14.4 Å². The van der Waals surface area contributed by atoms with Crippen molar-refractivity contribution in [2.24, 2.45) is 5.73 Å². The minimum atomic E-state index is -0.747. The zero-order valence-electron chi connectivity index (χ0n) is 17.2. The van der Waals surface area contributed by atoms with Gasteiger partial charge in [-0.3, -0.25) is 9.59 Å². The van der Waals surface area contributed by atoms with Crippen molar-refractivity contribution in [3.63, 3.8) is 0 Å². The average molecular weight is 407 g/mol. The summed E-state index contributed by atoms with van der Waals surface area (Å²) in [6.45, 7) is 4.57. The van der Waals surface area contributed by atoms with Gasteiger partial charge in [0, 0.05) is 31.7 Å². The van der Waals surface area contributed by atoms with Crippen LogP contribution in [0.25, 0.3) is 0 Å². The van der Waals surface area contributed by atoms with E-state index in [4.69, 9.17) is 10.8 Å². The average Bonchev–Trinajstić information content (AvgIpc) is 2.61. The Balaban J connectivity index is 0. The molecular weight excluding hydrogens is 368 g/mol. The van der Waals surface area contributed by atoms with Crippen molar-refractivity contribution in [2.45, 2.75) is 76.6 Å². The van der Waals surface area contributed by atoms with E-state index < -0.39 is 5.97 Å². The number of carbonyl (C=O) groups is 3. The van der Waals surface area contributed by atoms with Crippen molar-refractivity contribution in [3.8, 4) is 0 Å². The zero-order chi connectivity index (χ0) is 21.1. The van der Waals surface area contributed by atoms with Gasteiger partial charge < -0.3 is 26.8 Å². The van der Waals surface area contributed by atoms with Crippen LogP contribution in [0.3, 0.4) is 0 Å². The number of thioether (sulfide) groups is 1. The summed E-state index contributed by atoms with van der Waals surface area (Å²) in [5.41, 5.74) is 5.20. The van der Waals surface area contributed by atoms with Crippen LogP contribution in [-0.4, -0.2) is 54.3 Å². The molecule has 0 aromatic carbocycles. The Morgan fingerprint density at radius 1 is 1.04 bits per heavy atom. The van der Waals surface area contributed by atoms with Crippen LogP contribution in [0.15, 0.2) is 0 Å². The number of rotatable bonds is 13. The summed E-state index contributed by atoms with van der Waals surface area (Å²) in [6, 6.07) is -0.250. The number of carboxylic acid groups (broad SMARTS) is 1. The van der Waals surface area contributed by atoms with Gasteiger partial charge in [0.05, 0.1) is 6.17 Å². The van der Waals surface area contributed by atoms with E-state index in [1.54, 1.807) is 6.92 Å². The fraction of sp³-hybridized carbons (Fsp3) is 0.833. The number of hydrogen-bond acceptors (Lipinski definition) is 5. The molecule has 160 valence electrons. The van der Waals surface area contributed by atoms with E-state index in [-0.39, 0.29) is 24.5 Å². The summed E-state index contributed by atoms with van der Waals surface area (Å²) in [7, 11) is 1.54. The summed E-state index contributed by atoms with van der Waals surface area (Å²) in [5.74, 6) is -0.626. The summed E-state index contributed by atoms with van der Waals surface area (Å²) < 4.78 is 0. The third-order valence-electron chi connectivity index (χ3n) is 3.64. The lowest BCUT2D eigenvalue weighted by atomic mass is 10.1. The first-order chi connectivity index (χ1) is 12.7. The molecule has 27 heavy (non-hydrogen) atoms. The lowest BCUT2D eigenvalue weighted by molar-refractivity contribution is -0.137. The molecule has 6 N–H and O–H groups in total. The molecule has 0 rings (SSSR count). The van der Waals surface area contributed by atoms with E-state index in [1.807, 2.05) is 11.8 Å². The SMILES string of the molecule is CNC(=O)N[C@@H](C)N.CS[C@H](C)CCCCC(=O)NCCCCCC(=O)O. The van der Waals surface area contributed by atoms with Crippen LogP contribution < -0.4 is 21.7 Å². The second-order valence-electron chi connectivity index (χ2n) is 6.36. The molecule has 8 nitrogen and oxygen atoms in total. The number of unbranched alkanes of at least 4 members (excludes halogenated alkanes) is 3. The molecule has 0 fully saturated rings. The number of aliphatic carboxylic acids is 1. The van der Waals surface area contributed by atoms with Crippen molar-refractivity contribution in [2.75, 3.05) is 19.8 Å². The molecule has 9 heteroatoms. The predicted molar refractivity (Wildman–Crippen MR) is 112 cm³/mol. The van der Waals surface area contributed by atoms with Crippen LogP contribution in [0.2, 0.25) is 0 Å². The summed E-state index contributed by atoms with van der Waals surface area (Å²) in [6.07, 6.45) is 8.31. The Bertz CT molecular complexity index is 409. The normalized spacial score (nSPS) is 12.2. The maximum atomic E-state index is 11.5. The highest BCUT2D eigenvalue weighted by Crippen LogP contribution is 2.13. The summed E-state index contributed by atoms with van der Waals surface area (Å²) in [5, 5.41) is 16.8. The van der Waals surface area contributed by atoms with Gasteiger partial charge in [0.25, 0.3) is 0 Å². The minimum Gasteiger partial charge on any atom is -0.481 e. The lowest BCUT2D eigenvalue weighted by Gasteiger charge is -2.07. The number of nitrogens with two attached hydrogens (primary N) is 1. The van der Waals surface area contributed by atoms with E-state index in [0.717, 1.165) is 25.7 Å². The fourth-order valence-electron chi connectivity index (χ4n) is 2.01. The molecule has 0 aromatic heterocycles. The third kappa shape index (κ3) is 24.5. The van der Waals surface area contributed by atoms with E-state index in [0.29, 0.717) is 24.6 Å². The van der Waals surface area contributed by atoms with E-state index in [2.05, 4.69) is 29.1 Å². The van der Waals surface area contributed by atoms with E-state index in [1.165, 1.54) is 13.5 Å². The molecule has 0 saturated carbocycles. The van der Waals surface area contributed by atoms with Crippen molar-refractivity contribution in [1.29, 1.82) is 0 Å². The third-order valence-corrected chi connectivity index (χ3v) is 4.68. The van der Waals surface area contributed by atoms with Gasteiger partial charge in [0.1, 0.15) is 0 Å². The first-order valence-electron chi connectivity index (χ1n) is 9.48. The van der Waals surface area contributed by atoms with Gasteiger partial charge in [-0.15, -0.1) is 0 Å². The lowest BCUT2D eigenvalue weighted by Crippen LogP contribution is -2.43. The number of nitrogens with one attached hydrogen (secondary N) is 3. The Labute approximate surface area is 167 Å². The second-order valence-corrected chi connectivity index (χ2v) is 7.63. The van der Waals surface area contributed by atoms with Gasteiger partial charge in [-0.05, 0) is 38.9 Å². The number of carboxylic acids is 1. The molecule has 0 radical (unpaired) electrons. The van der Waals surface area contributed by atoms with Gasteiger partial charge >= 0.3 is 12.0 Å². The standard InChI is InChI=1S/C14H27NO3S.C4H11N3O/c1-12(19-2)8-5-6-9-13(16)15-11-7-3-4-10-14(17)18;1-3(5)7-4(8)6-2/h12H,3-11H2,1-2H3,(H,15,16)(H,17,18);3H,5H2,1-2H3,(H2,6,7,8)/t12-;3-/m10/s1. The van der Waals surface area contributed by atoms with E-state index >= 15 is 0 Å². The quantitative estimate of drug-likeness (QED) is 0.235. The van der Waals surface area contributed by atoms with Gasteiger partial charge in [-0.2, -0.15) is 11.8 Å². The Morgan fingerprint density at radius 2 is 1.67 bits per heavy atom. The molecule has 0 aliphatic rings. The zero-order valence-corrected chi connectivity index (χ0v) is 18.0. The minimum absolute atomic E-state index is 0.120. The number of hydrogen-bond donors (Lipinski definition) is 5. The van der Waals surface area contributed by atoms with Crippen LogP contribution in [0.5, 0.6) is 0 Å². The molecule has 0 saturated heterocycles. The maximum absolute atomic E-state index is 11.5. The second kappa shape index (κ2) is 19.3. The highest BCUT2D eigenvalue weighted by Gasteiger charge is 2.03. The molecule has 2 atom stereocenters. The molecule has 3 amide bonds. The highest BCUT2D eigenvalue weighted by atomic mass is 32.2. The number of urea groups is 1. The largest absolute Gasteiger partial charge is 0.481 e. The maximum Gasteiger partial charge on any atom is 0.315 e. The number of carbonyl (C=O) groups excluding carboxylic acids is 2. The van der Waals surface area contributed by atoms with Crippen molar-refractivity contribution >= 4 is 29.7 Å². The molecule has 0 aliphatic carbocycles. The van der Waals surface area contributed by atoms with Crippen LogP contribution in [-0.2, 0) is 9.59 Å². The smallest absolute Gasteiger partial charge is 0.315 e. The Kier molecular flexibility index (Phi) is 19.8. The first-order valence-corrected chi connectivity index (χ1v) is 10.8. The van der Waals surface area contributed by atoms with Crippen LogP contribution in [0.1, 0.15) is 65.2 Å². The molecule has 0 unspecified atom stereocenters. The Hall–Kier alpha value is -1.48. The summed E-state index contributed by atoms with van der Waals surface area (Å²) in [4.78, 5) is 32.1. The van der Waals surface area contributed by atoms with Crippen LogP contribution in [0, 0.1) is 0 Å². The molecule has 0 aliphatic heterocycles. The van der Waals surface area contributed by atoms with Crippen LogP contribution in [0.4, 0.5) is 4.79 Å². The van der Waals surface area contributed by atoms with Crippen molar-refractivity contribution in [3.05, 3.63) is 0 Å². The van der Waals surface area contributed by atoms with Crippen molar-refractivity contribution in [1.82, 2.24) is 16.0 Å². The molecule has 0 bridgehead atoms. The first kappa shape index (κ1) is 27.7. The van der Waals surface area contributed by atoms with Gasteiger partial charge in [-0.25, -0.2) is 4.79 Å². The molecule has 0 spiro atoms. The Morgan fingerprint density at radius 3 is 2.15 bits per heavy atom. The van der Waals surface area contributed by atoms with Gasteiger partial charge in [-0.1, -0.05) is 19.8 Å². The van der Waals surface area contributed by atoms with Crippen LogP contribution >= 0.6 is 11.8 Å². The highest BCUT2D eigenvalue weighted by molar-refractivity contribution is 7.99.